The van der Waals surface area contributed by atoms with Crippen LogP contribution in [0.4, 0.5) is 10.2 Å². The first-order valence-electron chi connectivity index (χ1n) is 5.48. The van der Waals surface area contributed by atoms with Gasteiger partial charge in [0.05, 0.1) is 0 Å². The van der Waals surface area contributed by atoms with E-state index in [1.54, 1.807) is 30.5 Å². The summed E-state index contributed by atoms with van der Waals surface area (Å²) in [6.45, 7) is 0. The molecule has 1 atom stereocenters. The van der Waals surface area contributed by atoms with Crippen molar-refractivity contribution in [2.75, 3.05) is 5.73 Å². The molecule has 0 aliphatic heterocycles. The largest absolute Gasteiger partial charge is 0.383 e. The fourth-order valence-electron chi connectivity index (χ4n) is 1.80. The minimum Gasteiger partial charge on any atom is -0.383 e. The molecular weight excluding hydrogens is 253 g/mol. The van der Waals surface area contributed by atoms with Crippen molar-refractivity contribution in [1.82, 2.24) is 4.98 Å². The SMILES string of the molecule is Nc1ncccc1C(N)Cc1c(F)cccc1Cl. The van der Waals surface area contributed by atoms with E-state index in [1.807, 2.05) is 0 Å². The Balaban J connectivity index is 2.27. The van der Waals surface area contributed by atoms with Crippen molar-refractivity contribution < 1.29 is 4.39 Å². The van der Waals surface area contributed by atoms with Crippen LogP contribution in [0.25, 0.3) is 0 Å². The van der Waals surface area contributed by atoms with Crippen molar-refractivity contribution in [3.05, 3.63) is 58.5 Å². The number of rotatable bonds is 3. The number of pyridine rings is 1. The highest BCUT2D eigenvalue weighted by Crippen LogP contribution is 2.26. The van der Waals surface area contributed by atoms with Crippen molar-refractivity contribution in [3.8, 4) is 0 Å². The van der Waals surface area contributed by atoms with Gasteiger partial charge < -0.3 is 11.5 Å². The second-order valence-electron chi connectivity index (χ2n) is 3.99. The maximum atomic E-state index is 13.6. The van der Waals surface area contributed by atoms with Crippen molar-refractivity contribution in [2.45, 2.75) is 12.5 Å². The van der Waals surface area contributed by atoms with Crippen LogP contribution in [0.2, 0.25) is 5.02 Å². The molecule has 0 amide bonds. The fourth-order valence-corrected chi connectivity index (χ4v) is 2.04. The van der Waals surface area contributed by atoms with Gasteiger partial charge in [-0.15, -0.1) is 0 Å². The van der Waals surface area contributed by atoms with Crippen LogP contribution in [0.5, 0.6) is 0 Å². The van der Waals surface area contributed by atoms with E-state index in [-0.39, 0.29) is 12.2 Å². The minimum atomic E-state index is -0.437. The molecule has 0 saturated heterocycles. The summed E-state index contributed by atoms with van der Waals surface area (Å²) in [5, 5.41) is 0.368. The molecule has 2 aromatic rings. The number of anilines is 1. The molecule has 5 heteroatoms. The molecule has 0 aliphatic rings. The van der Waals surface area contributed by atoms with Crippen molar-refractivity contribution in [2.24, 2.45) is 5.73 Å². The summed E-state index contributed by atoms with van der Waals surface area (Å²) in [6, 6.07) is 7.65. The second-order valence-corrected chi connectivity index (χ2v) is 4.40. The molecule has 0 fully saturated rings. The summed E-state index contributed by atoms with van der Waals surface area (Å²) in [4.78, 5) is 3.96. The van der Waals surface area contributed by atoms with E-state index in [2.05, 4.69) is 4.98 Å². The molecule has 18 heavy (non-hydrogen) atoms. The summed E-state index contributed by atoms with van der Waals surface area (Å²) in [6.07, 6.45) is 1.86. The first-order chi connectivity index (χ1) is 8.59. The average Bonchev–Trinajstić information content (AvgIpc) is 2.34. The van der Waals surface area contributed by atoms with Gasteiger partial charge in [0.25, 0.3) is 0 Å². The number of benzene rings is 1. The maximum absolute atomic E-state index is 13.6. The molecule has 4 N–H and O–H groups in total. The smallest absolute Gasteiger partial charge is 0.128 e. The fraction of sp³-hybridized carbons (Fsp3) is 0.154. The van der Waals surface area contributed by atoms with Crippen molar-refractivity contribution in [3.63, 3.8) is 0 Å². The molecule has 0 aliphatic carbocycles. The maximum Gasteiger partial charge on any atom is 0.128 e. The molecule has 0 spiro atoms. The van der Waals surface area contributed by atoms with Gasteiger partial charge in [-0.25, -0.2) is 9.37 Å². The Kier molecular flexibility index (Phi) is 3.79. The standard InChI is InChI=1S/C13H13ClFN3/c14-10-4-1-5-11(15)9(10)7-12(16)8-3-2-6-18-13(8)17/h1-6,12H,7,16H2,(H2,17,18). The van der Waals surface area contributed by atoms with Crippen molar-refractivity contribution >= 4 is 17.4 Å². The van der Waals surface area contributed by atoms with Gasteiger partial charge in [0.2, 0.25) is 0 Å². The van der Waals surface area contributed by atoms with E-state index in [0.717, 1.165) is 0 Å². The Hall–Kier alpha value is -1.65. The Morgan fingerprint density at radius 2 is 2.06 bits per heavy atom. The van der Waals surface area contributed by atoms with Crippen LogP contribution < -0.4 is 11.5 Å². The lowest BCUT2D eigenvalue weighted by Gasteiger charge is -2.15. The molecule has 1 aromatic heterocycles. The number of hydrogen-bond acceptors (Lipinski definition) is 3. The lowest BCUT2D eigenvalue weighted by Crippen LogP contribution is -2.16. The van der Waals surface area contributed by atoms with E-state index < -0.39 is 6.04 Å². The lowest BCUT2D eigenvalue weighted by atomic mass is 10.00. The van der Waals surface area contributed by atoms with Gasteiger partial charge in [-0.1, -0.05) is 23.7 Å². The number of halogens is 2. The van der Waals surface area contributed by atoms with E-state index in [1.165, 1.54) is 6.07 Å². The molecule has 0 radical (unpaired) electrons. The van der Waals surface area contributed by atoms with E-state index in [0.29, 0.717) is 22.0 Å². The van der Waals surface area contributed by atoms with Gasteiger partial charge in [0, 0.05) is 28.4 Å². The molecule has 1 heterocycles. The molecule has 1 aromatic carbocycles. The zero-order chi connectivity index (χ0) is 13.1. The molecule has 1 unspecified atom stereocenters. The van der Waals surface area contributed by atoms with Gasteiger partial charge in [-0.05, 0) is 24.6 Å². The Labute approximate surface area is 110 Å². The van der Waals surface area contributed by atoms with Gasteiger partial charge in [-0.3, -0.25) is 0 Å². The van der Waals surface area contributed by atoms with Crippen LogP contribution in [-0.2, 0) is 6.42 Å². The van der Waals surface area contributed by atoms with E-state index in [9.17, 15) is 4.39 Å². The van der Waals surface area contributed by atoms with Crippen LogP contribution in [0.15, 0.2) is 36.5 Å². The van der Waals surface area contributed by atoms with Crippen LogP contribution in [-0.4, -0.2) is 4.98 Å². The Bertz CT molecular complexity index is 539. The van der Waals surface area contributed by atoms with Crippen LogP contribution in [0, 0.1) is 5.82 Å². The number of hydrogen-bond donors (Lipinski definition) is 2. The summed E-state index contributed by atoms with van der Waals surface area (Å²) in [5.41, 5.74) is 12.8. The third-order valence-corrected chi connectivity index (χ3v) is 3.11. The average molecular weight is 266 g/mol. The molecule has 0 saturated carbocycles. The highest BCUT2D eigenvalue weighted by atomic mass is 35.5. The quantitative estimate of drug-likeness (QED) is 0.897. The number of nitrogen functional groups attached to an aromatic ring is 1. The lowest BCUT2D eigenvalue weighted by molar-refractivity contribution is 0.593. The van der Waals surface area contributed by atoms with Crippen LogP contribution in [0.1, 0.15) is 17.2 Å². The van der Waals surface area contributed by atoms with E-state index >= 15 is 0 Å². The molecule has 94 valence electrons. The van der Waals surface area contributed by atoms with Gasteiger partial charge >= 0.3 is 0 Å². The van der Waals surface area contributed by atoms with E-state index in [4.69, 9.17) is 23.1 Å². The summed E-state index contributed by atoms with van der Waals surface area (Å²) >= 11 is 5.96. The normalized spacial score (nSPS) is 12.4. The van der Waals surface area contributed by atoms with Crippen LogP contribution in [0.3, 0.4) is 0 Å². The minimum absolute atomic E-state index is 0.279. The van der Waals surface area contributed by atoms with Gasteiger partial charge in [0.15, 0.2) is 0 Å². The predicted molar refractivity (Wildman–Crippen MR) is 70.7 cm³/mol. The monoisotopic (exact) mass is 265 g/mol. The summed E-state index contributed by atoms with van der Waals surface area (Å²) in [5.74, 6) is -0.00197. The van der Waals surface area contributed by atoms with Crippen molar-refractivity contribution in [1.29, 1.82) is 0 Å². The van der Waals surface area contributed by atoms with Gasteiger partial charge in [0.1, 0.15) is 11.6 Å². The first-order valence-corrected chi connectivity index (χ1v) is 5.86. The number of aromatic nitrogens is 1. The Morgan fingerprint density at radius 1 is 1.28 bits per heavy atom. The summed E-state index contributed by atoms with van der Waals surface area (Å²) < 4.78 is 13.6. The topological polar surface area (TPSA) is 64.9 Å². The highest BCUT2D eigenvalue weighted by molar-refractivity contribution is 6.31. The zero-order valence-corrected chi connectivity index (χ0v) is 10.4. The van der Waals surface area contributed by atoms with Gasteiger partial charge in [-0.2, -0.15) is 0 Å². The predicted octanol–water partition coefficient (Wildman–Crippen LogP) is 2.70. The number of nitrogens with two attached hydrogens (primary N) is 2. The molecular formula is C13H13ClFN3. The third kappa shape index (κ3) is 2.60. The Morgan fingerprint density at radius 3 is 2.72 bits per heavy atom. The highest BCUT2D eigenvalue weighted by Gasteiger charge is 2.15. The molecule has 0 bridgehead atoms. The van der Waals surface area contributed by atoms with Crippen LogP contribution >= 0.6 is 11.6 Å². The summed E-state index contributed by atoms with van der Waals surface area (Å²) in [7, 11) is 0. The molecule has 2 rings (SSSR count). The zero-order valence-electron chi connectivity index (χ0n) is 9.61. The third-order valence-electron chi connectivity index (χ3n) is 2.76. The first kappa shape index (κ1) is 12.8. The number of nitrogens with zero attached hydrogens (tertiary/aromatic N) is 1. The second kappa shape index (κ2) is 5.33. The molecule has 3 nitrogen and oxygen atoms in total.